The van der Waals surface area contributed by atoms with Gasteiger partial charge in [0.05, 0.1) is 27.5 Å². The standard InChI is InChI=1S/C46H60N4O8S2Si/c1-45(2,3)61(6,7)58-38(35-20-22-37(51)43-36(35)21-23-41(52)48-43)29-47-28-31-12-16-33(17-13-31)56-30-42(53)50(5)25-24-49(4)32-14-18-34(19-15-32)57-46(44(54)55,39-10-8-26-59-39)40-11-9-27-60-40/h8-13,16-17,20-23,26-27,32,34,38,47,51H,14-15,18-19,24-25,28-30H2,1-7H3,(H,48,52)(H,54,55)/t32-,34-,38-/m0/s1. The molecule has 12 nitrogen and oxygen atoms in total. The van der Waals surface area contributed by atoms with Crippen LogP contribution in [0.2, 0.25) is 18.1 Å². The van der Waals surface area contributed by atoms with E-state index in [-0.39, 0.29) is 41.1 Å². The lowest BCUT2D eigenvalue weighted by Crippen LogP contribution is -2.45. The molecule has 15 heteroatoms. The molecule has 61 heavy (non-hydrogen) atoms. The summed E-state index contributed by atoms with van der Waals surface area (Å²) in [5.41, 5.74) is 0.549. The van der Waals surface area contributed by atoms with Gasteiger partial charge in [-0.2, -0.15) is 0 Å². The van der Waals surface area contributed by atoms with Gasteiger partial charge in [0, 0.05) is 50.7 Å². The summed E-state index contributed by atoms with van der Waals surface area (Å²) in [6, 6.07) is 22.1. The van der Waals surface area contributed by atoms with Crippen molar-refractivity contribution < 1.29 is 33.7 Å². The molecule has 1 amide bonds. The summed E-state index contributed by atoms with van der Waals surface area (Å²) in [7, 11) is 1.66. The van der Waals surface area contributed by atoms with E-state index in [9.17, 15) is 24.6 Å². The number of hydrogen-bond acceptors (Lipinski definition) is 11. The van der Waals surface area contributed by atoms with Gasteiger partial charge in [0.2, 0.25) is 11.2 Å². The van der Waals surface area contributed by atoms with Crippen molar-refractivity contribution in [3.8, 4) is 11.5 Å². The van der Waals surface area contributed by atoms with E-state index < -0.39 is 19.9 Å². The zero-order valence-electron chi connectivity index (χ0n) is 36.2. The van der Waals surface area contributed by atoms with Crippen molar-refractivity contribution in [2.45, 2.75) is 95.0 Å². The van der Waals surface area contributed by atoms with Crippen molar-refractivity contribution in [1.82, 2.24) is 20.1 Å². The number of likely N-dealkylation sites (N-methyl/N-ethyl adjacent to an activating group) is 2. The Balaban J connectivity index is 0.955. The van der Waals surface area contributed by atoms with Crippen LogP contribution in [-0.2, 0) is 30.9 Å². The lowest BCUT2D eigenvalue weighted by molar-refractivity contribution is -0.170. The number of pyridine rings is 1. The summed E-state index contributed by atoms with van der Waals surface area (Å²) in [6.45, 7) is 13.3. The number of thiophene rings is 2. The number of fused-ring (bicyclic) bond motifs is 1. The fourth-order valence-electron chi connectivity index (χ4n) is 7.52. The second-order valence-electron chi connectivity index (χ2n) is 17.5. The minimum atomic E-state index is -2.22. The van der Waals surface area contributed by atoms with E-state index in [2.05, 4.69) is 56.1 Å². The first-order valence-electron chi connectivity index (χ1n) is 20.9. The summed E-state index contributed by atoms with van der Waals surface area (Å²) in [5.74, 6) is -0.476. The van der Waals surface area contributed by atoms with Gasteiger partial charge in [-0.05, 0) is 109 Å². The fraction of sp³-hybridized carbons (Fsp3) is 0.457. The Labute approximate surface area is 367 Å². The third-order valence-electron chi connectivity index (χ3n) is 12.3. The largest absolute Gasteiger partial charge is 0.506 e. The van der Waals surface area contributed by atoms with Crippen molar-refractivity contribution in [3.63, 3.8) is 0 Å². The van der Waals surface area contributed by atoms with Gasteiger partial charge in [0.15, 0.2) is 14.9 Å². The van der Waals surface area contributed by atoms with Crippen molar-refractivity contribution in [3.05, 3.63) is 115 Å². The molecule has 0 saturated heterocycles. The summed E-state index contributed by atoms with van der Waals surface area (Å²) in [6.07, 6.45) is 2.76. The third kappa shape index (κ3) is 11.0. The Hall–Kier alpha value is -4.35. The van der Waals surface area contributed by atoms with Gasteiger partial charge in [-0.3, -0.25) is 9.59 Å². The number of carboxylic acid groups (broad SMARTS) is 1. The van der Waals surface area contributed by atoms with Crippen LogP contribution in [-0.4, -0.2) is 97.7 Å². The number of ether oxygens (including phenoxy) is 2. The molecule has 1 fully saturated rings. The minimum Gasteiger partial charge on any atom is -0.506 e. The molecule has 0 radical (unpaired) electrons. The molecule has 1 saturated carbocycles. The minimum absolute atomic E-state index is 0.0170. The van der Waals surface area contributed by atoms with Gasteiger partial charge < -0.3 is 44.2 Å². The Morgan fingerprint density at radius 2 is 1.57 bits per heavy atom. The van der Waals surface area contributed by atoms with Gasteiger partial charge in [-0.25, -0.2) is 4.79 Å². The fourth-order valence-corrected chi connectivity index (χ4v) is 10.6. The number of aromatic hydroxyl groups is 1. The molecule has 1 atom stereocenters. The zero-order valence-corrected chi connectivity index (χ0v) is 38.9. The highest BCUT2D eigenvalue weighted by Crippen LogP contribution is 2.43. The van der Waals surface area contributed by atoms with E-state index in [1.165, 1.54) is 28.7 Å². The van der Waals surface area contributed by atoms with Gasteiger partial charge in [0.1, 0.15) is 11.5 Å². The number of phenols is 1. The van der Waals surface area contributed by atoms with Crippen LogP contribution in [0.1, 0.15) is 73.4 Å². The van der Waals surface area contributed by atoms with Crippen molar-refractivity contribution in [2.75, 3.05) is 40.3 Å². The number of rotatable bonds is 19. The highest BCUT2D eigenvalue weighted by Gasteiger charge is 2.48. The Kier molecular flexibility index (Phi) is 15.0. The smallest absolute Gasteiger partial charge is 0.347 e. The lowest BCUT2D eigenvalue weighted by Gasteiger charge is -2.39. The van der Waals surface area contributed by atoms with E-state index in [1.54, 1.807) is 24.1 Å². The number of carbonyl (C=O) groups excluding carboxylic acids is 1. The number of benzene rings is 2. The first-order valence-corrected chi connectivity index (χ1v) is 25.5. The molecule has 0 spiro atoms. The van der Waals surface area contributed by atoms with E-state index in [1.807, 2.05) is 65.4 Å². The number of amides is 1. The van der Waals surface area contributed by atoms with Gasteiger partial charge >= 0.3 is 5.97 Å². The summed E-state index contributed by atoms with van der Waals surface area (Å²) < 4.78 is 19.4. The molecule has 0 unspecified atom stereocenters. The van der Waals surface area contributed by atoms with Gasteiger partial charge in [0.25, 0.3) is 5.91 Å². The Bertz CT molecular complexity index is 2230. The average molecular weight is 889 g/mol. The second kappa shape index (κ2) is 19.8. The number of hydrogen-bond donors (Lipinski definition) is 4. The molecular formula is C46H60N4O8S2Si. The molecule has 0 aliphatic heterocycles. The number of phenolic OH excluding ortho intramolecular Hbond substituents is 1. The highest BCUT2D eigenvalue weighted by molar-refractivity contribution is 7.12. The average Bonchev–Trinajstić information content (AvgIpc) is 3.98. The van der Waals surface area contributed by atoms with E-state index >= 15 is 0 Å². The van der Waals surface area contributed by atoms with Crippen molar-refractivity contribution >= 4 is 53.8 Å². The van der Waals surface area contributed by atoms with Gasteiger partial charge in [-0.15, -0.1) is 22.7 Å². The molecule has 2 aromatic carbocycles. The Morgan fingerprint density at radius 3 is 2.16 bits per heavy atom. The molecule has 1 aliphatic rings. The van der Waals surface area contributed by atoms with Crippen LogP contribution in [0.4, 0.5) is 0 Å². The van der Waals surface area contributed by atoms with Crippen LogP contribution in [0, 0.1) is 0 Å². The number of aromatic amines is 1. The third-order valence-corrected chi connectivity index (χ3v) is 18.7. The van der Waals surface area contributed by atoms with Crippen LogP contribution >= 0.6 is 22.7 Å². The number of carbonyl (C=O) groups is 2. The summed E-state index contributed by atoms with van der Waals surface area (Å²) >= 11 is 2.81. The number of nitrogens with zero attached hydrogens (tertiary/aromatic N) is 2. The van der Waals surface area contributed by atoms with Crippen LogP contribution in [0.15, 0.2) is 88.4 Å². The Morgan fingerprint density at radius 1 is 0.918 bits per heavy atom. The van der Waals surface area contributed by atoms with Crippen LogP contribution < -0.4 is 15.6 Å². The van der Waals surface area contributed by atoms with Crippen molar-refractivity contribution in [1.29, 1.82) is 0 Å². The second-order valence-corrected chi connectivity index (χ2v) is 24.2. The predicted molar refractivity (Wildman–Crippen MR) is 245 cm³/mol. The van der Waals surface area contributed by atoms with Crippen LogP contribution in [0.3, 0.4) is 0 Å². The quantitative estimate of drug-likeness (QED) is 0.0596. The highest BCUT2D eigenvalue weighted by atomic mass is 32.1. The number of H-pyrrole nitrogens is 1. The SMILES string of the molecule is CN(CCN(C)[C@H]1CC[C@H](OC(C(=O)O)(c2cccs2)c2cccs2)CC1)C(=O)COc1ccc(CNC[C@H](O[Si](C)(C)C(C)(C)C)c2ccc(O)c3[nH]c(=O)ccc23)cc1. The summed E-state index contributed by atoms with van der Waals surface area (Å²) in [4.78, 5) is 46.1. The molecule has 3 aromatic heterocycles. The molecular weight excluding hydrogens is 829 g/mol. The molecule has 5 aromatic rings. The predicted octanol–water partition coefficient (Wildman–Crippen LogP) is 8.33. The maximum atomic E-state index is 13.1. The van der Waals surface area contributed by atoms with Crippen LogP contribution in [0.25, 0.3) is 10.9 Å². The summed E-state index contributed by atoms with van der Waals surface area (Å²) in [5, 5.41) is 29.1. The number of nitrogens with one attached hydrogen (secondary N) is 2. The molecule has 328 valence electrons. The molecule has 6 rings (SSSR count). The first-order chi connectivity index (χ1) is 29.0. The van der Waals surface area contributed by atoms with Crippen molar-refractivity contribution in [2.24, 2.45) is 0 Å². The maximum Gasteiger partial charge on any atom is 0.347 e. The molecule has 0 bridgehead atoms. The molecule has 1 aliphatic carbocycles. The first kappa shape index (κ1) is 46.2. The zero-order chi connectivity index (χ0) is 44.0. The van der Waals surface area contributed by atoms with Crippen LogP contribution in [0.5, 0.6) is 11.5 Å². The topological polar surface area (TPSA) is 154 Å². The van der Waals surface area contributed by atoms with Gasteiger partial charge in [-0.1, -0.05) is 51.1 Å². The number of carboxylic acids is 1. The van der Waals surface area contributed by atoms with E-state index in [0.29, 0.717) is 53.2 Å². The lowest BCUT2D eigenvalue weighted by atomic mass is 9.90. The maximum absolute atomic E-state index is 13.1. The number of aliphatic carboxylic acids is 1. The van der Waals surface area contributed by atoms with E-state index in [4.69, 9.17) is 13.9 Å². The normalized spacial score (nSPS) is 16.8. The van der Waals surface area contributed by atoms with E-state index in [0.717, 1.165) is 42.2 Å². The number of aromatic nitrogens is 1. The molecule has 3 heterocycles. The molecule has 4 N–H and O–H groups in total. The monoisotopic (exact) mass is 888 g/mol.